The van der Waals surface area contributed by atoms with Crippen LogP contribution in [-0.2, 0) is 6.42 Å². The number of benzene rings is 3. The average molecular weight is 788 g/mol. The van der Waals surface area contributed by atoms with Crippen LogP contribution in [-0.4, -0.2) is 25.4 Å². The fourth-order valence-electron chi connectivity index (χ4n) is 5.45. The predicted octanol–water partition coefficient (Wildman–Crippen LogP) is 6.11. The summed E-state index contributed by atoms with van der Waals surface area (Å²) in [5.41, 5.74) is 6.19. The van der Waals surface area contributed by atoms with Gasteiger partial charge in [-0.1, -0.05) is 48.3 Å². The average Bonchev–Trinajstić information content (AvgIpc) is 3.29. The lowest BCUT2D eigenvalue weighted by Gasteiger charge is -2.31. The zero-order valence-corrected chi connectivity index (χ0v) is 27.6. The number of methoxy groups -OCH3 is 2. The van der Waals surface area contributed by atoms with Crippen LogP contribution in [0.5, 0.6) is 17.2 Å². The number of rotatable bonds is 7. The molecule has 6 rings (SSSR count). The van der Waals surface area contributed by atoms with Crippen molar-refractivity contribution in [1.29, 1.82) is 0 Å². The summed E-state index contributed by atoms with van der Waals surface area (Å²) >= 11 is 5.96. The van der Waals surface area contributed by atoms with E-state index in [1.165, 1.54) is 16.9 Å². The van der Waals surface area contributed by atoms with E-state index in [0.29, 0.717) is 27.4 Å². The van der Waals surface area contributed by atoms with Crippen molar-refractivity contribution in [2.75, 3.05) is 20.8 Å². The van der Waals surface area contributed by atoms with Gasteiger partial charge in [0, 0.05) is 11.1 Å². The molecule has 0 N–H and O–H groups in total. The van der Waals surface area contributed by atoms with E-state index >= 15 is 0 Å². The molecule has 0 saturated carbocycles. The largest absolute Gasteiger partial charge is 0.497 e. The van der Waals surface area contributed by atoms with E-state index in [0.717, 1.165) is 53.7 Å². The first-order valence-electron chi connectivity index (χ1n) is 13.0. The van der Waals surface area contributed by atoms with Crippen molar-refractivity contribution in [3.8, 4) is 17.2 Å². The molecule has 2 heterocycles. The number of hydrogen-bond donors (Lipinski definition) is 0. The van der Waals surface area contributed by atoms with Crippen LogP contribution in [0.2, 0.25) is 0 Å². The highest BCUT2D eigenvalue weighted by atomic mass is 127. The summed E-state index contributed by atoms with van der Waals surface area (Å²) in [5, 5.41) is 0. The molecule has 1 aliphatic carbocycles. The Bertz CT molecular complexity index is 1880. The van der Waals surface area contributed by atoms with Gasteiger partial charge in [0.25, 0.3) is 5.56 Å². The molecule has 0 saturated heterocycles. The maximum atomic E-state index is 14.2. The maximum Gasteiger partial charge on any atom is 0.271 e. The number of fused-ring (bicyclic) bond motifs is 3. The number of nitrogens with zero attached hydrogens (tertiary/aromatic N) is 2. The van der Waals surface area contributed by atoms with Crippen LogP contribution < -0.4 is 29.1 Å². The van der Waals surface area contributed by atoms with Crippen LogP contribution >= 0.6 is 56.5 Å². The van der Waals surface area contributed by atoms with Crippen molar-refractivity contribution < 1.29 is 14.2 Å². The summed E-state index contributed by atoms with van der Waals surface area (Å²) in [7, 11) is 3.31. The number of allylic oxidation sites excluding steroid dienone is 1. The van der Waals surface area contributed by atoms with Gasteiger partial charge < -0.3 is 14.2 Å². The van der Waals surface area contributed by atoms with Crippen LogP contribution in [0.15, 0.2) is 82.6 Å². The fourth-order valence-corrected chi connectivity index (χ4v) is 8.58. The summed E-state index contributed by atoms with van der Waals surface area (Å²) in [4.78, 5) is 20.0. The smallest absolute Gasteiger partial charge is 0.271 e. The third-order valence-electron chi connectivity index (χ3n) is 7.27. The lowest BCUT2D eigenvalue weighted by Crippen LogP contribution is -2.39. The molecule has 0 fully saturated rings. The van der Waals surface area contributed by atoms with Crippen molar-refractivity contribution in [1.82, 2.24) is 4.57 Å². The Morgan fingerprint density at radius 2 is 1.85 bits per heavy atom. The molecule has 1 atom stereocenters. The van der Waals surface area contributed by atoms with Gasteiger partial charge >= 0.3 is 0 Å². The number of aromatic nitrogens is 1. The molecule has 0 spiro atoms. The highest BCUT2D eigenvalue weighted by Gasteiger charge is 2.34. The van der Waals surface area contributed by atoms with Crippen molar-refractivity contribution in [3.63, 3.8) is 0 Å². The molecule has 0 radical (unpaired) electrons. The van der Waals surface area contributed by atoms with E-state index in [2.05, 4.69) is 70.0 Å². The van der Waals surface area contributed by atoms with Crippen molar-refractivity contribution >= 4 is 68.3 Å². The summed E-state index contributed by atoms with van der Waals surface area (Å²) in [6.45, 7) is 4.17. The van der Waals surface area contributed by atoms with Gasteiger partial charge in [0.2, 0.25) is 0 Å². The minimum absolute atomic E-state index is 0.0777. The molecule has 9 heteroatoms. The summed E-state index contributed by atoms with van der Waals surface area (Å²) < 4.78 is 21.7. The number of thiazole rings is 1. The second kappa shape index (κ2) is 11.8. The van der Waals surface area contributed by atoms with Crippen LogP contribution in [0.25, 0.3) is 11.8 Å². The van der Waals surface area contributed by atoms with Gasteiger partial charge in [-0.3, -0.25) is 9.36 Å². The second-order valence-corrected chi connectivity index (χ2v) is 13.0. The fraction of sp³-hybridized carbons (Fsp3) is 0.188. The highest BCUT2D eigenvalue weighted by Crippen LogP contribution is 2.44. The Labute approximate surface area is 269 Å². The van der Waals surface area contributed by atoms with Gasteiger partial charge in [-0.05, 0) is 111 Å². The van der Waals surface area contributed by atoms with E-state index in [-0.39, 0.29) is 11.6 Å². The Morgan fingerprint density at radius 3 is 2.59 bits per heavy atom. The van der Waals surface area contributed by atoms with Crippen LogP contribution in [0.4, 0.5) is 0 Å². The second-order valence-electron chi connectivity index (χ2n) is 9.63. The Hall–Kier alpha value is -2.90. The first-order valence-corrected chi connectivity index (χ1v) is 16.0. The Morgan fingerprint density at radius 1 is 1.07 bits per heavy atom. The first kappa shape index (κ1) is 28.2. The number of ether oxygens (including phenoxy) is 3. The standard InChI is InChI=1S/C32H26I2N2O4S/c1-4-13-40-30-24(33)14-18(15-25(30)34)16-27-31(37)36-29(23-17-20(38-2)10-12-26(23)39-3)22-11-9-19-7-5-6-8-21(19)28(22)35-32(36)41-27/h4-8,10,12,14-17,29H,1,9,11,13H2,2-3H3/b27-16+. The van der Waals surface area contributed by atoms with E-state index in [4.69, 9.17) is 19.2 Å². The SMILES string of the molecule is C=CCOc1c(I)cc(/C=c2/sc3n(c2=O)C(c2cc(OC)ccc2OC)C2=C(N=3)c3ccccc3CC2)cc1I. The molecular weight excluding hydrogens is 762 g/mol. The molecule has 6 nitrogen and oxygen atoms in total. The van der Waals surface area contributed by atoms with Crippen molar-refractivity contribution in [2.45, 2.75) is 18.9 Å². The van der Waals surface area contributed by atoms with Gasteiger partial charge in [0.15, 0.2) is 4.80 Å². The molecule has 3 aromatic carbocycles. The normalized spacial score (nSPS) is 15.9. The molecule has 4 aromatic rings. The molecule has 2 aliphatic rings. The van der Waals surface area contributed by atoms with Crippen LogP contribution in [0.1, 0.15) is 34.7 Å². The zero-order chi connectivity index (χ0) is 28.7. The minimum atomic E-state index is -0.364. The van der Waals surface area contributed by atoms with E-state index in [9.17, 15) is 4.79 Å². The lowest BCUT2D eigenvalue weighted by atomic mass is 9.83. The molecular formula is C32H26I2N2O4S. The van der Waals surface area contributed by atoms with E-state index < -0.39 is 0 Å². The minimum Gasteiger partial charge on any atom is -0.497 e. The van der Waals surface area contributed by atoms with E-state index in [1.54, 1.807) is 20.3 Å². The predicted molar refractivity (Wildman–Crippen MR) is 180 cm³/mol. The van der Waals surface area contributed by atoms with Crippen molar-refractivity contribution in [3.05, 3.63) is 122 Å². The molecule has 1 aromatic heterocycles. The molecule has 208 valence electrons. The third-order valence-corrected chi connectivity index (χ3v) is 9.85. The lowest BCUT2D eigenvalue weighted by molar-refractivity contribution is 0.358. The quantitative estimate of drug-likeness (QED) is 0.168. The Balaban J connectivity index is 1.59. The van der Waals surface area contributed by atoms with Crippen molar-refractivity contribution in [2.24, 2.45) is 4.99 Å². The maximum absolute atomic E-state index is 14.2. The highest BCUT2D eigenvalue weighted by molar-refractivity contribution is 14.1. The van der Waals surface area contributed by atoms with Gasteiger partial charge in [-0.2, -0.15) is 0 Å². The zero-order valence-electron chi connectivity index (χ0n) is 22.4. The Kier molecular flexibility index (Phi) is 8.10. The number of hydrogen-bond acceptors (Lipinski definition) is 6. The van der Waals surface area contributed by atoms with Crippen LogP contribution in [0.3, 0.4) is 0 Å². The van der Waals surface area contributed by atoms with E-state index in [1.807, 2.05) is 47.0 Å². The molecule has 1 aliphatic heterocycles. The monoisotopic (exact) mass is 788 g/mol. The van der Waals surface area contributed by atoms with Crippen LogP contribution in [0, 0.1) is 7.14 Å². The van der Waals surface area contributed by atoms with Gasteiger partial charge in [0.05, 0.1) is 37.6 Å². The summed E-state index contributed by atoms with van der Waals surface area (Å²) in [5.74, 6) is 2.24. The number of aryl methyl sites for hydroxylation is 1. The van der Waals surface area contributed by atoms with Gasteiger partial charge in [0.1, 0.15) is 23.9 Å². The summed E-state index contributed by atoms with van der Waals surface area (Å²) in [6, 6.07) is 17.9. The summed E-state index contributed by atoms with van der Waals surface area (Å²) in [6.07, 6.45) is 5.36. The topological polar surface area (TPSA) is 62.0 Å². The third kappa shape index (κ3) is 5.16. The molecule has 41 heavy (non-hydrogen) atoms. The van der Waals surface area contributed by atoms with Gasteiger partial charge in [-0.25, -0.2) is 4.99 Å². The molecule has 0 amide bonds. The molecule has 0 bridgehead atoms. The molecule has 1 unspecified atom stereocenters. The number of halogens is 2. The van der Waals surface area contributed by atoms with Gasteiger partial charge in [-0.15, -0.1) is 0 Å². The first-order chi connectivity index (χ1) is 19.9.